The molecule has 92 valence electrons. The van der Waals surface area contributed by atoms with Crippen molar-refractivity contribution in [2.45, 2.75) is 19.9 Å². The van der Waals surface area contributed by atoms with Crippen LogP contribution in [0.5, 0.6) is 0 Å². The van der Waals surface area contributed by atoms with Gasteiger partial charge in [0, 0.05) is 6.04 Å². The third-order valence-electron chi connectivity index (χ3n) is 1.22. The van der Waals surface area contributed by atoms with Crippen molar-refractivity contribution in [2.75, 3.05) is 14.2 Å². The molecule has 0 saturated heterocycles. The summed E-state index contributed by atoms with van der Waals surface area (Å²) < 4.78 is 4.68. The predicted molar refractivity (Wildman–Crippen MR) is 56.8 cm³/mol. The molecule has 3 N–H and O–H groups in total. The van der Waals surface area contributed by atoms with Crippen molar-refractivity contribution >= 4 is 18.1 Å². The van der Waals surface area contributed by atoms with Gasteiger partial charge in [0.15, 0.2) is 0 Å². The number of hydrogen-bond donors (Lipinski definition) is 3. The summed E-state index contributed by atoms with van der Waals surface area (Å²) in [6, 6.07) is -1.58. The fourth-order valence-corrected chi connectivity index (χ4v) is 0.711. The van der Waals surface area contributed by atoms with Gasteiger partial charge in [0.25, 0.3) is 0 Å². The Morgan fingerprint density at radius 2 is 1.88 bits per heavy atom. The Balaban J connectivity index is 4.31. The van der Waals surface area contributed by atoms with E-state index in [1.54, 1.807) is 13.8 Å². The van der Waals surface area contributed by atoms with Crippen LogP contribution in [0.15, 0.2) is 4.99 Å². The summed E-state index contributed by atoms with van der Waals surface area (Å²) in [6.45, 7) is 3.57. The van der Waals surface area contributed by atoms with Crippen LogP contribution in [0.25, 0.3) is 0 Å². The second-order valence-electron chi connectivity index (χ2n) is 2.99. The summed E-state index contributed by atoms with van der Waals surface area (Å²) >= 11 is 0. The van der Waals surface area contributed by atoms with Crippen molar-refractivity contribution in [3.05, 3.63) is 0 Å². The number of carbonyl (C=O) groups excluding carboxylic acids is 2. The van der Waals surface area contributed by atoms with Gasteiger partial charge in [-0.15, -0.1) is 4.99 Å². The summed E-state index contributed by atoms with van der Waals surface area (Å²) in [6.07, 6.45) is 0. The SMILES string of the molecule is CONC(=O)NC(=NC(=O)NC(C)C)OC. The molecule has 0 saturated carbocycles. The number of amidine groups is 1. The smallest absolute Gasteiger partial charge is 0.346 e. The molecule has 0 aliphatic carbocycles. The van der Waals surface area contributed by atoms with Gasteiger partial charge in [-0.1, -0.05) is 0 Å². The summed E-state index contributed by atoms with van der Waals surface area (Å²) in [5.41, 5.74) is 1.98. The van der Waals surface area contributed by atoms with E-state index in [1.165, 1.54) is 14.2 Å². The molecule has 0 heterocycles. The molecule has 0 spiro atoms. The number of hydrogen-bond acceptors (Lipinski definition) is 4. The maximum absolute atomic E-state index is 11.2. The number of urea groups is 2. The number of nitrogens with zero attached hydrogens (tertiary/aromatic N) is 1. The van der Waals surface area contributed by atoms with Gasteiger partial charge in [-0.05, 0) is 13.8 Å². The van der Waals surface area contributed by atoms with Crippen LogP contribution in [0, 0.1) is 0 Å². The van der Waals surface area contributed by atoms with Crippen LogP contribution in [0.2, 0.25) is 0 Å². The van der Waals surface area contributed by atoms with Crippen molar-refractivity contribution < 1.29 is 19.2 Å². The molecule has 0 aromatic carbocycles. The number of hydroxylamine groups is 1. The minimum absolute atomic E-state index is 0.0536. The second kappa shape index (κ2) is 7.46. The Morgan fingerprint density at radius 1 is 1.25 bits per heavy atom. The minimum Gasteiger partial charge on any atom is -0.468 e. The van der Waals surface area contributed by atoms with Crippen molar-refractivity contribution in [3.8, 4) is 0 Å². The summed E-state index contributed by atoms with van der Waals surface area (Å²) in [5, 5.41) is 4.67. The molecule has 0 aromatic rings. The number of nitrogens with one attached hydrogen (secondary N) is 3. The topological polar surface area (TPSA) is 101 Å². The van der Waals surface area contributed by atoms with E-state index in [1.807, 2.05) is 5.48 Å². The minimum atomic E-state index is -0.694. The van der Waals surface area contributed by atoms with Gasteiger partial charge in [-0.3, -0.25) is 10.2 Å². The molecule has 0 fully saturated rings. The van der Waals surface area contributed by atoms with Crippen LogP contribution in [-0.4, -0.2) is 38.3 Å². The fraction of sp³-hybridized carbons (Fsp3) is 0.625. The van der Waals surface area contributed by atoms with Crippen LogP contribution < -0.4 is 16.1 Å². The number of methoxy groups -OCH3 is 1. The lowest BCUT2D eigenvalue weighted by Crippen LogP contribution is -2.41. The molecule has 16 heavy (non-hydrogen) atoms. The van der Waals surface area contributed by atoms with Gasteiger partial charge in [-0.2, -0.15) is 0 Å². The highest BCUT2D eigenvalue weighted by Crippen LogP contribution is 1.83. The standard InChI is InChI=1S/C8H16N4O4/c1-5(2)9-6(13)10-8(15-3)11-7(14)12-16-4/h5H,1-4H3,(H3,9,10,11,12,13,14). The number of ether oxygens (including phenoxy) is 1. The van der Waals surface area contributed by atoms with Gasteiger partial charge in [0.2, 0.25) is 0 Å². The maximum atomic E-state index is 11.2. The molecule has 0 unspecified atom stereocenters. The Bertz CT molecular complexity index is 277. The van der Waals surface area contributed by atoms with Crippen molar-refractivity contribution in [2.24, 2.45) is 4.99 Å². The molecule has 0 aliphatic rings. The van der Waals surface area contributed by atoms with Gasteiger partial charge in [0.05, 0.1) is 14.2 Å². The zero-order valence-corrected chi connectivity index (χ0v) is 9.66. The van der Waals surface area contributed by atoms with Crippen LogP contribution in [0.4, 0.5) is 9.59 Å². The van der Waals surface area contributed by atoms with E-state index in [2.05, 4.69) is 25.2 Å². The first-order valence-corrected chi connectivity index (χ1v) is 4.52. The lowest BCUT2D eigenvalue weighted by Gasteiger charge is -2.08. The normalized spacial score (nSPS) is 10.9. The fourth-order valence-electron chi connectivity index (χ4n) is 0.711. The monoisotopic (exact) mass is 232 g/mol. The molecule has 0 bridgehead atoms. The van der Waals surface area contributed by atoms with Gasteiger partial charge in [0.1, 0.15) is 0 Å². The molecular formula is C8H16N4O4. The summed E-state index contributed by atoms with van der Waals surface area (Å²) in [4.78, 5) is 30.0. The van der Waals surface area contributed by atoms with Crippen molar-refractivity contribution in [1.29, 1.82) is 0 Å². The summed E-state index contributed by atoms with van der Waals surface area (Å²) in [5.74, 6) is 0. The molecule has 0 aromatic heterocycles. The third-order valence-corrected chi connectivity index (χ3v) is 1.22. The molecule has 4 amide bonds. The zero-order valence-electron chi connectivity index (χ0n) is 9.66. The Labute approximate surface area is 93.3 Å². The highest BCUT2D eigenvalue weighted by molar-refractivity contribution is 5.98. The first-order valence-electron chi connectivity index (χ1n) is 4.52. The van der Waals surface area contributed by atoms with Crippen LogP contribution >= 0.6 is 0 Å². The van der Waals surface area contributed by atoms with Crippen LogP contribution in [0.1, 0.15) is 13.8 Å². The number of amides is 4. The average molecular weight is 232 g/mol. The largest absolute Gasteiger partial charge is 0.468 e. The Kier molecular flexibility index (Phi) is 6.61. The van der Waals surface area contributed by atoms with E-state index in [0.717, 1.165) is 0 Å². The van der Waals surface area contributed by atoms with Gasteiger partial charge >= 0.3 is 18.1 Å². The van der Waals surface area contributed by atoms with E-state index >= 15 is 0 Å². The number of rotatable bonds is 2. The molecule has 0 radical (unpaired) electrons. The van der Waals surface area contributed by atoms with Gasteiger partial charge in [-0.25, -0.2) is 15.1 Å². The summed E-state index contributed by atoms with van der Waals surface area (Å²) in [7, 11) is 2.54. The molecule has 8 heteroatoms. The quantitative estimate of drug-likeness (QED) is 0.353. The lowest BCUT2D eigenvalue weighted by atomic mass is 10.4. The lowest BCUT2D eigenvalue weighted by molar-refractivity contribution is 0.109. The zero-order chi connectivity index (χ0) is 12.6. The van der Waals surface area contributed by atoms with E-state index in [-0.39, 0.29) is 12.1 Å². The van der Waals surface area contributed by atoms with Crippen molar-refractivity contribution in [3.63, 3.8) is 0 Å². The molecule has 0 atom stereocenters. The van der Waals surface area contributed by atoms with Crippen LogP contribution in [-0.2, 0) is 9.57 Å². The first kappa shape index (κ1) is 14.2. The average Bonchev–Trinajstić information content (AvgIpc) is 2.15. The molecule has 8 nitrogen and oxygen atoms in total. The third kappa shape index (κ3) is 6.60. The Morgan fingerprint density at radius 3 is 2.31 bits per heavy atom. The number of aliphatic imine (C=N–C) groups is 1. The Hall–Kier alpha value is -1.83. The van der Waals surface area contributed by atoms with Crippen LogP contribution in [0.3, 0.4) is 0 Å². The molecule has 0 aliphatic heterocycles. The predicted octanol–water partition coefficient (Wildman–Crippen LogP) is -0.0326. The second-order valence-corrected chi connectivity index (χ2v) is 2.99. The van der Waals surface area contributed by atoms with Gasteiger partial charge < -0.3 is 10.1 Å². The highest BCUT2D eigenvalue weighted by atomic mass is 16.6. The van der Waals surface area contributed by atoms with E-state index in [9.17, 15) is 9.59 Å². The first-order chi connectivity index (χ1) is 7.49. The number of carbonyl (C=O) groups is 2. The molecule has 0 rings (SSSR count). The van der Waals surface area contributed by atoms with Crippen molar-refractivity contribution in [1.82, 2.24) is 16.1 Å². The van der Waals surface area contributed by atoms with E-state index in [0.29, 0.717) is 0 Å². The molecular weight excluding hydrogens is 216 g/mol. The van der Waals surface area contributed by atoms with E-state index in [4.69, 9.17) is 0 Å². The maximum Gasteiger partial charge on any atom is 0.346 e. The van der Waals surface area contributed by atoms with E-state index < -0.39 is 12.1 Å². The highest BCUT2D eigenvalue weighted by Gasteiger charge is 2.08.